The summed E-state index contributed by atoms with van der Waals surface area (Å²) in [5, 5.41) is 2.73. The minimum Gasteiger partial charge on any atom is -0.448 e. The number of ether oxygens (including phenoxy) is 2. The van der Waals surface area contributed by atoms with Crippen LogP contribution >= 0.6 is 0 Å². The molecule has 1 amide bonds. The van der Waals surface area contributed by atoms with Crippen molar-refractivity contribution in [3.05, 3.63) is 59.7 Å². The lowest BCUT2D eigenvalue weighted by Gasteiger charge is -2.27. The Morgan fingerprint density at radius 2 is 1.67 bits per heavy atom. The van der Waals surface area contributed by atoms with Crippen LogP contribution in [-0.2, 0) is 14.2 Å². The number of rotatable bonds is 7. The number of alkyl carbamates (subject to hydrolysis) is 1. The standard InChI is InChI=1S/C20H25BN2O4/c1-20(2,26-13-21(3)27-22)23-19(24)25-12-18-16-10-6-4-8-14(16)15-9-5-7-11-17(15)18/h4-11,18H,12-13,22H2,1-3H3,(H,23,24). The largest absolute Gasteiger partial charge is 0.448 e. The van der Waals surface area contributed by atoms with Crippen LogP contribution < -0.4 is 11.2 Å². The lowest BCUT2D eigenvalue weighted by molar-refractivity contribution is -0.0239. The van der Waals surface area contributed by atoms with Crippen LogP contribution in [0.5, 0.6) is 0 Å². The molecule has 0 bridgehead atoms. The van der Waals surface area contributed by atoms with E-state index >= 15 is 0 Å². The van der Waals surface area contributed by atoms with Crippen molar-refractivity contribution >= 4 is 13.0 Å². The molecule has 0 saturated carbocycles. The van der Waals surface area contributed by atoms with Gasteiger partial charge in [0.25, 0.3) is 0 Å². The average Bonchev–Trinajstić information content (AvgIpc) is 2.98. The molecule has 2 aromatic rings. The molecule has 7 heteroatoms. The van der Waals surface area contributed by atoms with Gasteiger partial charge in [0.15, 0.2) is 0 Å². The first-order chi connectivity index (χ1) is 12.9. The molecule has 3 N–H and O–H groups in total. The van der Waals surface area contributed by atoms with Crippen LogP contribution in [0.3, 0.4) is 0 Å². The van der Waals surface area contributed by atoms with Crippen molar-refractivity contribution in [1.82, 2.24) is 5.32 Å². The summed E-state index contributed by atoms with van der Waals surface area (Å²) < 4.78 is 15.8. The van der Waals surface area contributed by atoms with E-state index in [1.807, 2.05) is 24.3 Å². The van der Waals surface area contributed by atoms with E-state index in [1.165, 1.54) is 22.3 Å². The first-order valence-corrected chi connectivity index (χ1v) is 9.04. The van der Waals surface area contributed by atoms with Crippen molar-refractivity contribution in [2.75, 3.05) is 13.1 Å². The van der Waals surface area contributed by atoms with Crippen LogP contribution in [0.1, 0.15) is 30.9 Å². The SMILES string of the molecule is CB(COC(C)(C)NC(=O)OCC1c2ccccc2-c2ccccc21)ON. The van der Waals surface area contributed by atoms with Gasteiger partial charge in [0.2, 0.25) is 0 Å². The number of nitrogens with two attached hydrogens (primary N) is 1. The van der Waals surface area contributed by atoms with E-state index in [-0.39, 0.29) is 25.9 Å². The molecular weight excluding hydrogens is 343 g/mol. The van der Waals surface area contributed by atoms with Crippen molar-refractivity contribution in [3.63, 3.8) is 0 Å². The number of hydrogen-bond acceptors (Lipinski definition) is 5. The molecule has 1 aliphatic rings. The summed E-state index contributed by atoms with van der Waals surface area (Å²) in [7, 11) is 0. The summed E-state index contributed by atoms with van der Waals surface area (Å²) in [6.45, 7) is 5.53. The Morgan fingerprint density at radius 3 is 2.22 bits per heavy atom. The van der Waals surface area contributed by atoms with Crippen LogP contribution in [0, 0.1) is 0 Å². The van der Waals surface area contributed by atoms with Gasteiger partial charge in [0, 0.05) is 5.92 Å². The predicted molar refractivity (Wildman–Crippen MR) is 105 cm³/mol. The molecule has 27 heavy (non-hydrogen) atoms. The van der Waals surface area contributed by atoms with Gasteiger partial charge in [-0.2, -0.15) is 0 Å². The van der Waals surface area contributed by atoms with Gasteiger partial charge in [-0.1, -0.05) is 55.4 Å². The minimum atomic E-state index is -0.893. The predicted octanol–water partition coefficient (Wildman–Crippen LogP) is 3.33. The van der Waals surface area contributed by atoms with E-state index in [2.05, 4.69) is 34.3 Å². The summed E-state index contributed by atoms with van der Waals surface area (Å²) in [5.41, 5.74) is 3.85. The summed E-state index contributed by atoms with van der Waals surface area (Å²) >= 11 is 0. The minimum absolute atomic E-state index is 0.0258. The maximum absolute atomic E-state index is 12.3. The van der Waals surface area contributed by atoms with Crippen molar-refractivity contribution in [2.45, 2.75) is 32.3 Å². The van der Waals surface area contributed by atoms with Gasteiger partial charge >= 0.3 is 13.0 Å². The highest BCUT2D eigenvalue weighted by Crippen LogP contribution is 2.44. The Bertz CT molecular complexity index is 767. The molecular formula is C20H25BN2O4. The molecule has 0 heterocycles. The highest BCUT2D eigenvalue weighted by molar-refractivity contribution is 6.49. The second kappa shape index (κ2) is 8.13. The number of amides is 1. The van der Waals surface area contributed by atoms with E-state index in [0.717, 1.165) is 0 Å². The molecule has 6 nitrogen and oxygen atoms in total. The topological polar surface area (TPSA) is 82.8 Å². The van der Waals surface area contributed by atoms with Gasteiger partial charge in [-0.25, -0.2) is 10.7 Å². The molecule has 2 aromatic carbocycles. The van der Waals surface area contributed by atoms with Crippen molar-refractivity contribution in [1.29, 1.82) is 0 Å². The lowest BCUT2D eigenvalue weighted by Crippen LogP contribution is -2.48. The third-order valence-corrected chi connectivity index (χ3v) is 4.66. The first kappa shape index (κ1) is 19.4. The third-order valence-electron chi connectivity index (χ3n) is 4.66. The number of nitrogens with one attached hydrogen (secondary N) is 1. The highest BCUT2D eigenvalue weighted by atomic mass is 16.6. The molecule has 1 aliphatic carbocycles. The Labute approximate surface area is 160 Å². The van der Waals surface area contributed by atoms with Gasteiger partial charge in [0.05, 0.1) is 6.51 Å². The quantitative estimate of drug-likeness (QED) is 0.445. The third kappa shape index (κ3) is 4.50. The molecule has 0 aliphatic heterocycles. The summed E-state index contributed by atoms with van der Waals surface area (Å²) in [5.74, 6) is 5.13. The molecule has 0 spiro atoms. The number of benzene rings is 2. The van der Waals surface area contributed by atoms with E-state index in [9.17, 15) is 4.79 Å². The fourth-order valence-corrected chi connectivity index (χ4v) is 3.28. The normalized spacial score (nSPS) is 13.0. The maximum atomic E-state index is 12.3. The van der Waals surface area contributed by atoms with E-state index in [4.69, 9.17) is 15.4 Å². The summed E-state index contributed by atoms with van der Waals surface area (Å²) in [6, 6.07) is 16.4. The van der Waals surface area contributed by atoms with Gasteiger partial charge in [-0.05, 0) is 36.1 Å². The van der Waals surface area contributed by atoms with Crippen molar-refractivity contribution in [2.24, 2.45) is 5.90 Å². The second-order valence-electron chi connectivity index (χ2n) is 7.22. The fraction of sp³-hybridized carbons (Fsp3) is 0.350. The van der Waals surface area contributed by atoms with Crippen LogP contribution in [0.4, 0.5) is 4.79 Å². The van der Waals surface area contributed by atoms with Crippen LogP contribution in [0.15, 0.2) is 48.5 Å². The molecule has 0 fully saturated rings. The average molecular weight is 368 g/mol. The van der Waals surface area contributed by atoms with Gasteiger partial charge in [-0.3, -0.25) is 5.32 Å². The van der Waals surface area contributed by atoms with Crippen molar-refractivity contribution in [3.8, 4) is 11.1 Å². The molecule has 0 radical (unpaired) electrons. The zero-order chi connectivity index (χ0) is 19.4. The maximum Gasteiger partial charge on any atom is 0.409 e. The van der Waals surface area contributed by atoms with Crippen LogP contribution in [0.25, 0.3) is 11.1 Å². The summed E-state index contributed by atoms with van der Waals surface area (Å²) in [4.78, 5) is 12.3. The highest BCUT2D eigenvalue weighted by Gasteiger charge is 2.30. The number of fused-ring (bicyclic) bond motifs is 3. The Hall–Kier alpha value is -2.35. The Kier molecular flexibility index (Phi) is 5.84. The Balaban J connectivity index is 1.62. The van der Waals surface area contributed by atoms with Crippen LogP contribution in [0.2, 0.25) is 6.82 Å². The molecule has 142 valence electrons. The van der Waals surface area contributed by atoms with Gasteiger partial charge in [-0.15, -0.1) is 0 Å². The molecule has 0 unspecified atom stereocenters. The van der Waals surface area contributed by atoms with E-state index in [1.54, 1.807) is 20.7 Å². The monoisotopic (exact) mass is 368 g/mol. The molecule has 0 saturated heterocycles. The second-order valence-corrected chi connectivity index (χ2v) is 7.22. The zero-order valence-electron chi connectivity index (χ0n) is 15.9. The van der Waals surface area contributed by atoms with E-state index in [0.29, 0.717) is 0 Å². The fourth-order valence-electron chi connectivity index (χ4n) is 3.28. The molecule has 3 rings (SSSR count). The van der Waals surface area contributed by atoms with Crippen molar-refractivity contribution < 1.29 is 19.0 Å². The number of carbonyl (C=O) groups is 1. The lowest BCUT2D eigenvalue weighted by atomic mass is 9.73. The van der Waals surface area contributed by atoms with Gasteiger partial charge in [0.1, 0.15) is 12.3 Å². The summed E-state index contributed by atoms with van der Waals surface area (Å²) in [6.07, 6.45) is -0.525. The molecule has 0 aromatic heterocycles. The zero-order valence-corrected chi connectivity index (χ0v) is 15.9. The Morgan fingerprint density at radius 1 is 1.11 bits per heavy atom. The number of hydrogen-bond donors (Lipinski definition) is 2. The smallest absolute Gasteiger partial charge is 0.409 e. The number of carbonyl (C=O) groups excluding carboxylic acids is 1. The molecule has 0 atom stereocenters. The van der Waals surface area contributed by atoms with E-state index < -0.39 is 11.8 Å². The van der Waals surface area contributed by atoms with Gasteiger partial charge < -0.3 is 14.2 Å². The van der Waals surface area contributed by atoms with Crippen LogP contribution in [-0.4, -0.2) is 31.8 Å². The first-order valence-electron chi connectivity index (χ1n) is 9.04.